The van der Waals surface area contributed by atoms with Crippen LogP contribution in [0.25, 0.3) is 0 Å². The molecule has 0 aliphatic carbocycles. The van der Waals surface area contributed by atoms with Gasteiger partial charge in [0.05, 0.1) is 13.2 Å². The van der Waals surface area contributed by atoms with E-state index in [4.69, 9.17) is 13.8 Å². The summed E-state index contributed by atoms with van der Waals surface area (Å²) in [6, 6.07) is 0. The lowest BCUT2D eigenvalue weighted by Gasteiger charge is -2.15. The fraction of sp³-hybridized carbons (Fsp3) is 0.957. The molecular formula is C47H94NO8P. The Balaban J connectivity index is 3.50. The maximum atomic E-state index is 12.1. The van der Waals surface area contributed by atoms with Gasteiger partial charge in [-0.2, -0.15) is 0 Å². The van der Waals surface area contributed by atoms with Gasteiger partial charge in [-0.15, -0.1) is 0 Å². The Morgan fingerprint density at radius 3 is 1.14 bits per heavy atom. The van der Waals surface area contributed by atoms with Crippen LogP contribution >= 0.6 is 7.82 Å². The fourth-order valence-corrected chi connectivity index (χ4v) is 8.08. The van der Waals surface area contributed by atoms with Crippen molar-refractivity contribution in [2.45, 2.75) is 264 Å². The van der Waals surface area contributed by atoms with Gasteiger partial charge in [0, 0.05) is 19.4 Å². The minimum Gasteiger partial charge on any atom is -0.463 e. The summed E-state index contributed by atoms with van der Waals surface area (Å²) in [6.45, 7) is 3.61. The van der Waals surface area contributed by atoms with Crippen molar-refractivity contribution in [2.75, 3.05) is 26.4 Å². The van der Waals surface area contributed by atoms with E-state index >= 15 is 0 Å². The third-order valence-electron chi connectivity index (χ3n) is 11.0. The van der Waals surface area contributed by atoms with E-state index in [0.717, 1.165) is 38.5 Å². The average Bonchev–Trinajstić information content (AvgIpc) is 3.20. The number of nitrogens with one attached hydrogen (secondary N) is 1. The molecule has 0 rings (SSSR count). The molecular weight excluding hydrogens is 737 g/mol. The summed E-state index contributed by atoms with van der Waals surface area (Å²) < 4.78 is 26.9. The van der Waals surface area contributed by atoms with Crippen LogP contribution in [-0.4, -0.2) is 54.3 Å². The van der Waals surface area contributed by atoms with E-state index in [1.165, 1.54) is 193 Å². The summed E-state index contributed by atoms with van der Waals surface area (Å²) in [7, 11) is -4.41. The smallest absolute Gasteiger partial charge is 0.463 e. The van der Waals surface area contributed by atoms with E-state index in [1.54, 1.807) is 0 Å². The molecule has 0 spiro atoms. The Morgan fingerprint density at radius 1 is 0.474 bits per heavy atom. The largest absolute Gasteiger partial charge is 0.472 e. The van der Waals surface area contributed by atoms with Crippen LogP contribution in [0.5, 0.6) is 0 Å². The topological polar surface area (TPSA) is 131 Å². The first-order valence-corrected chi connectivity index (χ1v) is 26.0. The molecule has 1 amide bonds. The Morgan fingerprint density at radius 2 is 0.789 bits per heavy atom. The first-order chi connectivity index (χ1) is 27.8. The highest BCUT2D eigenvalue weighted by Gasteiger charge is 2.23. The van der Waals surface area contributed by atoms with Crippen LogP contribution in [0.15, 0.2) is 0 Å². The molecule has 0 saturated heterocycles. The zero-order valence-corrected chi connectivity index (χ0v) is 38.5. The van der Waals surface area contributed by atoms with Crippen LogP contribution in [0.1, 0.15) is 258 Å². The molecule has 0 radical (unpaired) electrons. The lowest BCUT2D eigenvalue weighted by molar-refractivity contribution is -0.147. The van der Waals surface area contributed by atoms with Gasteiger partial charge in [-0.05, 0) is 12.8 Å². The van der Waals surface area contributed by atoms with Crippen LogP contribution in [0, 0.1) is 0 Å². The average molecular weight is 832 g/mol. The number of ether oxygens (including phenoxy) is 1. The van der Waals surface area contributed by atoms with Crippen molar-refractivity contribution in [3.05, 3.63) is 0 Å². The lowest BCUT2D eigenvalue weighted by atomic mass is 10.0. The molecule has 0 bridgehead atoms. The van der Waals surface area contributed by atoms with E-state index in [2.05, 4.69) is 19.2 Å². The summed E-state index contributed by atoms with van der Waals surface area (Å²) in [5.74, 6) is -0.500. The molecule has 3 N–H and O–H groups in total. The molecule has 340 valence electrons. The Bertz CT molecular complexity index is 907. The van der Waals surface area contributed by atoms with E-state index < -0.39 is 26.5 Å². The van der Waals surface area contributed by atoms with Gasteiger partial charge in [0.15, 0.2) is 0 Å². The molecule has 9 nitrogen and oxygen atoms in total. The van der Waals surface area contributed by atoms with Gasteiger partial charge >= 0.3 is 13.8 Å². The highest BCUT2D eigenvalue weighted by Crippen LogP contribution is 2.42. The maximum absolute atomic E-state index is 12.1. The number of esters is 1. The van der Waals surface area contributed by atoms with Gasteiger partial charge in [-0.1, -0.05) is 232 Å². The second-order valence-electron chi connectivity index (χ2n) is 16.8. The summed E-state index contributed by atoms with van der Waals surface area (Å²) in [6.07, 6.45) is 46.1. The number of aliphatic hydroxyl groups excluding tert-OH is 1. The van der Waals surface area contributed by atoms with Gasteiger partial charge in [-0.3, -0.25) is 18.6 Å². The van der Waals surface area contributed by atoms with Crippen molar-refractivity contribution in [3.8, 4) is 0 Å². The van der Waals surface area contributed by atoms with E-state index in [0.29, 0.717) is 12.8 Å². The van der Waals surface area contributed by atoms with E-state index in [1.807, 2.05) is 0 Å². The zero-order chi connectivity index (χ0) is 41.8. The number of carbonyl (C=O) groups excluding carboxylic acids is 2. The van der Waals surface area contributed by atoms with Crippen molar-refractivity contribution < 1.29 is 37.9 Å². The number of hydrogen-bond acceptors (Lipinski definition) is 7. The first kappa shape index (κ1) is 56.0. The quantitative estimate of drug-likeness (QED) is 0.0314. The number of aliphatic hydroxyl groups is 1. The standard InChI is InChI=1S/C47H94NO8P/c1-3-5-7-9-11-13-15-17-19-20-21-22-23-24-25-26-27-29-31-33-35-37-39-46(50)48-41-42-55-57(52,53)56-44-45(49)43-54-47(51)40-38-36-34-32-30-28-18-16-14-12-10-8-6-4-2/h45,49H,3-44H2,1-2H3,(H,48,50)(H,52,53). The zero-order valence-electron chi connectivity index (χ0n) is 37.6. The molecule has 10 heteroatoms. The molecule has 0 aliphatic rings. The molecule has 0 heterocycles. The molecule has 0 aromatic heterocycles. The number of phosphoric acid groups is 1. The highest BCUT2D eigenvalue weighted by molar-refractivity contribution is 7.47. The van der Waals surface area contributed by atoms with Crippen LogP contribution in [0.2, 0.25) is 0 Å². The molecule has 2 atom stereocenters. The molecule has 0 aromatic rings. The Kier molecular flexibility index (Phi) is 43.8. The van der Waals surface area contributed by atoms with Gasteiger partial charge in [0.25, 0.3) is 0 Å². The minimum absolute atomic E-state index is 0.0888. The number of hydrogen-bond donors (Lipinski definition) is 3. The monoisotopic (exact) mass is 832 g/mol. The van der Waals surface area contributed by atoms with Crippen molar-refractivity contribution in [3.63, 3.8) is 0 Å². The van der Waals surface area contributed by atoms with Crippen LogP contribution < -0.4 is 5.32 Å². The molecule has 57 heavy (non-hydrogen) atoms. The number of phosphoric ester groups is 1. The van der Waals surface area contributed by atoms with Gasteiger partial charge in [0.1, 0.15) is 12.7 Å². The van der Waals surface area contributed by atoms with E-state index in [9.17, 15) is 24.2 Å². The highest BCUT2D eigenvalue weighted by atomic mass is 31.2. The second kappa shape index (κ2) is 44.6. The summed E-state index contributed by atoms with van der Waals surface area (Å²) in [5, 5.41) is 12.7. The third-order valence-corrected chi connectivity index (χ3v) is 12.0. The fourth-order valence-electron chi connectivity index (χ4n) is 7.32. The molecule has 2 unspecified atom stereocenters. The van der Waals surface area contributed by atoms with Crippen molar-refractivity contribution in [1.82, 2.24) is 5.32 Å². The summed E-state index contributed by atoms with van der Waals surface area (Å²) >= 11 is 0. The summed E-state index contributed by atoms with van der Waals surface area (Å²) in [4.78, 5) is 34.0. The number of unbranched alkanes of at least 4 members (excludes halogenated alkanes) is 34. The Labute approximate surface area is 352 Å². The third kappa shape index (κ3) is 45.9. The van der Waals surface area contributed by atoms with Crippen LogP contribution in [0.4, 0.5) is 0 Å². The predicted molar refractivity (Wildman–Crippen MR) is 238 cm³/mol. The second-order valence-corrected chi connectivity index (χ2v) is 18.3. The van der Waals surface area contributed by atoms with Gasteiger partial charge in [-0.25, -0.2) is 4.57 Å². The Hall–Kier alpha value is -0.990. The SMILES string of the molecule is CCCCCCCCCCCCCCCCCCCCCCCCC(=O)NCCOP(=O)(O)OCC(O)COC(=O)CCCCCCCCCCCCCCCC. The predicted octanol–water partition coefficient (Wildman–Crippen LogP) is 14.0. The molecule has 0 saturated carbocycles. The van der Waals surface area contributed by atoms with Crippen molar-refractivity contribution in [1.29, 1.82) is 0 Å². The normalized spacial score (nSPS) is 13.1. The number of amides is 1. The van der Waals surface area contributed by atoms with Crippen LogP contribution in [-0.2, 0) is 27.9 Å². The molecule has 0 fully saturated rings. The van der Waals surface area contributed by atoms with Gasteiger partial charge < -0.3 is 20.1 Å². The molecule has 0 aliphatic heterocycles. The van der Waals surface area contributed by atoms with Crippen LogP contribution in [0.3, 0.4) is 0 Å². The maximum Gasteiger partial charge on any atom is 0.472 e. The number of carbonyl (C=O) groups is 2. The van der Waals surface area contributed by atoms with Gasteiger partial charge in [0.2, 0.25) is 5.91 Å². The lowest BCUT2D eigenvalue weighted by Crippen LogP contribution is -2.27. The van der Waals surface area contributed by atoms with Crippen molar-refractivity contribution in [2.24, 2.45) is 0 Å². The van der Waals surface area contributed by atoms with Crippen molar-refractivity contribution >= 4 is 19.7 Å². The van der Waals surface area contributed by atoms with E-state index in [-0.39, 0.29) is 25.7 Å². The minimum atomic E-state index is -4.41. The number of rotatable bonds is 47. The first-order valence-electron chi connectivity index (χ1n) is 24.5. The molecule has 0 aromatic carbocycles. The summed E-state index contributed by atoms with van der Waals surface area (Å²) in [5.41, 5.74) is 0.